The van der Waals surface area contributed by atoms with Crippen LogP contribution in [0.3, 0.4) is 0 Å². The summed E-state index contributed by atoms with van der Waals surface area (Å²) in [6.45, 7) is 0.719. The minimum atomic E-state index is 0.631. The molecule has 1 N–H and O–H groups in total. The second kappa shape index (κ2) is 7.81. The van der Waals surface area contributed by atoms with Crippen molar-refractivity contribution >= 4 is 34.6 Å². The van der Waals surface area contributed by atoms with Gasteiger partial charge in [0.15, 0.2) is 0 Å². The highest BCUT2D eigenvalue weighted by Gasteiger charge is 2.02. The fourth-order valence-electron chi connectivity index (χ4n) is 2.63. The van der Waals surface area contributed by atoms with Gasteiger partial charge in [-0.25, -0.2) is 0 Å². The Labute approximate surface area is 159 Å². The van der Waals surface area contributed by atoms with Gasteiger partial charge in [-0.15, -0.1) is 0 Å². The van der Waals surface area contributed by atoms with E-state index in [4.69, 9.17) is 23.2 Å². The first kappa shape index (κ1) is 17.7. The van der Waals surface area contributed by atoms with Crippen molar-refractivity contribution in [2.45, 2.75) is 6.54 Å². The molecule has 0 spiro atoms. The maximum Gasteiger partial charge on any atom is 0.0441 e. The van der Waals surface area contributed by atoms with Crippen molar-refractivity contribution in [2.24, 2.45) is 0 Å². The number of nitrogens with one attached hydrogen (secondary N) is 1. The molecule has 0 radical (unpaired) electrons. The van der Waals surface area contributed by atoms with Crippen LogP contribution in [0.25, 0.3) is 11.1 Å². The summed E-state index contributed by atoms with van der Waals surface area (Å²) in [6.07, 6.45) is 0. The molecule has 0 saturated heterocycles. The molecule has 3 aromatic rings. The summed E-state index contributed by atoms with van der Waals surface area (Å²) < 4.78 is 0. The van der Waals surface area contributed by atoms with E-state index in [2.05, 4.69) is 58.7 Å². The van der Waals surface area contributed by atoms with Crippen molar-refractivity contribution in [3.05, 3.63) is 82.3 Å². The first-order valence-electron chi connectivity index (χ1n) is 8.08. The summed E-state index contributed by atoms with van der Waals surface area (Å²) in [6, 6.07) is 22.6. The van der Waals surface area contributed by atoms with Gasteiger partial charge in [-0.1, -0.05) is 59.6 Å². The summed E-state index contributed by atoms with van der Waals surface area (Å²) in [4.78, 5) is 2.10. The van der Waals surface area contributed by atoms with Crippen LogP contribution >= 0.6 is 23.2 Å². The lowest BCUT2D eigenvalue weighted by Crippen LogP contribution is -2.07. The average molecular weight is 371 g/mol. The van der Waals surface area contributed by atoms with Crippen molar-refractivity contribution in [3.8, 4) is 11.1 Å². The highest BCUT2D eigenvalue weighted by Crippen LogP contribution is 2.25. The van der Waals surface area contributed by atoms with Gasteiger partial charge < -0.3 is 10.2 Å². The van der Waals surface area contributed by atoms with Crippen LogP contribution in [-0.2, 0) is 6.54 Å². The van der Waals surface area contributed by atoms with E-state index in [-0.39, 0.29) is 0 Å². The molecule has 2 nitrogen and oxygen atoms in total. The fraction of sp³-hybridized carbons (Fsp3) is 0.143. The number of hydrogen-bond donors (Lipinski definition) is 1. The minimum Gasteiger partial charge on any atom is -0.381 e. The van der Waals surface area contributed by atoms with E-state index in [9.17, 15) is 0 Å². The largest absolute Gasteiger partial charge is 0.381 e. The molecule has 0 aliphatic rings. The van der Waals surface area contributed by atoms with E-state index in [0.717, 1.165) is 12.2 Å². The van der Waals surface area contributed by atoms with Crippen LogP contribution in [0.1, 0.15) is 5.56 Å². The highest BCUT2D eigenvalue weighted by atomic mass is 35.5. The minimum absolute atomic E-state index is 0.631. The number of halogens is 2. The SMILES string of the molecule is CN(C)c1ccc(-c2ccc(CNc3cc(Cl)cc(Cl)c3)cc2)cc1. The second-order valence-corrected chi connectivity index (χ2v) is 7.02. The zero-order valence-electron chi connectivity index (χ0n) is 14.3. The van der Waals surface area contributed by atoms with Crippen molar-refractivity contribution in [1.29, 1.82) is 0 Å². The summed E-state index contributed by atoms with van der Waals surface area (Å²) in [5.74, 6) is 0. The van der Waals surface area contributed by atoms with Crippen LogP contribution in [0, 0.1) is 0 Å². The number of nitrogens with zero attached hydrogens (tertiary/aromatic N) is 1. The number of anilines is 2. The van der Waals surface area contributed by atoms with Crippen LogP contribution in [0.4, 0.5) is 11.4 Å². The molecule has 0 aliphatic heterocycles. The third-order valence-corrected chi connectivity index (χ3v) is 4.47. The molecule has 3 rings (SSSR count). The molecule has 0 heterocycles. The van der Waals surface area contributed by atoms with Gasteiger partial charge in [0.05, 0.1) is 0 Å². The zero-order chi connectivity index (χ0) is 17.8. The fourth-order valence-corrected chi connectivity index (χ4v) is 3.15. The van der Waals surface area contributed by atoms with Crippen LogP contribution in [0.5, 0.6) is 0 Å². The molecule has 128 valence electrons. The number of benzene rings is 3. The third-order valence-electron chi connectivity index (χ3n) is 4.03. The van der Waals surface area contributed by atoms with Crippen LogP contribution in [-0.4, -0.2) is 14.1 Å². The predicted molar refractivity (Wildman–Crippen MR) is 110 cm³/mol. The molecule has 25 heavy (non-hydrogen) atoms. The van der Waals surface area contributed by atoms with E-state index >= 15 is 0 Å². The Morgan fingerprint density at radius 3 is 1.80 bits per heavy atom. The molecule has 0 aliphatic carbocycles. The van der Waals surface area contributed by atoms with Gasteiger partial charge in [0.2, 0.25) is 0 Å². The van der Waals surface area contributed by atoms with Crippen LogP contribution in [0.15, 0.2) is 66.7 Å². The lowest BCUT2D eigenvalue weighted by molar-refractivity contribution is 1.13. The molecule has 0 bridgehead atoms. The first-order chi connectivity index (χ1) is 12.0. The zero-order valence-corrected chi connectivity index (χ0v) is 15.8. The van der Waals surface area contributed by atoms with E-state index in [1.165, 1.54) is 22.4 Å². The summed E-state index contributed by atoms with van der Waals surface area (Å²) >= 11 is 12.0. The third kappa shape index (κ3) is 4.68. The monoisotopic (exact) mass is 370 g/mol. The Kier molecular flexibility index (Phi) is 5.52. The second-order valence-electron chi connectivity index (χ2n) is 6.15. The maximum absolute atomic E-state index is 6.02. The van der Waals surface area contributed by atoms with Crippen molar-refractivity contribution < 1.29 is 0 Å². The Morgan fingerprint density at radius 1 is 0.760 bits per heavy atom. The quantitative estimate of drug-likeness (QED) is 0.563. The van der Waals surface area contributed by atoms with Gasteiger partial charge in [0.1, 0.15) is 0 Å². The Bertz CT molecular complexity index is 821. The van der Waals surface area contributed by atoms with Crippen molar-refractivity contribution in [1.82, 2.24) is 0 Å². The van der Waals surface area contributed by atoms with Gasteiger partial charge in [-0.3, -0.25) is 0 Å². The topological polar surface area (TPSA) is 15.3 Å². The molecule has 0 saturated carbocycles. The van der Waals surface area contributed by atoms with Gasteiger partial charge in [-0.2, -0.15) is 0 Å². The van der Waals surface area contributed by atoms with Crippen LogP contribution in [0.2, 0.25) is 10.0 Å². The normalized spacial score (nSPS) is 10.6. The maximum atomic E-state index is 6.02. The predicted octanol–water partition coefficient (Wildman–Crippen LogP) is 6.34. The summed E-state index contributed by atoms with van der Waals surface area (Å²) in [5.41, 5.74) is 5.74. The lowest BCUT2D eigenvalue weighted by atomic mass is 10.0. The Hall–Kier alpha value is -2.16. The van der Waals surface area contributed by atoms with Gasteiger partial charge in [0, 0.05) is 42.1 Å². The average Bonchev–Trinajstić information content (AvgIpc) is 2.60. The Morgan fingerprint density at radius 2 is 1.28 bits per heavy atom. The molecule has 0 amide bonds. The van der Waals surface area contributed by atoms with Crippen molar-refractivity contribution in [3.63, 3.8) is 0 Å². The van der Waals surface area contributed by atoms with Crippen molar-refractivity contribution in [2.75, 3.05) is 24.3 Å². The lowest BCUT2D eigenvalue weighted by Gasteiger charge is -2.13. The molecule has 0 atom stereocenters. The van der Waals surface area contributed by atoms with E-state index in [0.29, 0.717) is 10.0 Å². The van der Waals surface area contributed by atoms with Gasteiger partial charge in [0.25, 0.3) is 0 Å². The van der Waals surface area contributed by atoms with E-state index < -0.39 is 0 Å². The molecule has 0 fully saturated rings. The smallest absolute Gasteiger partial charge is 0.0441 e. The van der Waals surface area contributed by atoms with E-state index in [1.54, 1.807) is 6.07 Å². The first-order valence-corrected chi connectivity index (χ1v) is 8.83. The molecule has 0 aromatic heterocycles. The molecule has 0 unspecified atom stereocenters. The standard InChI is InChI=1S/C21H20Cl2N2/c1-25(2)21-9-7-17(8-10-21)16-5-3-15(4-6-16)14-24-20-12-18(22)11-19(23)13-20/h3-13,24H,14H2,1-2H3. The molecule has 3 aromatic carbocycles. The molecular formula is C21H20Cl2N2. The number of rotatable bonds is 5. The Balaban J connectivity index is 1.67. The summed E-state index contributed by atoms with van der Waals surface area (Å²) in [5, 5.41) is 4.61. The summed E-state index contributed by atoms with van der Waals surface area (Å²) in [7, 11) is 4.09. The highest BCUT2D eigenvalue weighted by molar-refractivity contribution is 6.35. The number of hydrogen-bond acceptors (Lipinski definition) is 2. The molecular weight excluding hydrogens is 351 g/mol. The van der Waals surface area contributed by atoms with Gasteiger partial charge >= 0.3 is 0 Å². The molecule has 4 heteroatoms. The van der Waals surface area contributed by atoms with Crippen LogP contribution < -0.4 is 10.2 Å². The van der Waals surface area contributed by atoms with Gasteiger partial charge in [-0.05, 0) is 47.0 Å². The van der Waals surface area contributed by atoms with E-state index in [1.807, 2.05) is 26.2 Å².